The van der Waals surface area contributed by atoms with Gasteiger partial charge in [-0.3, -0.25) is 0 Å². The third-order valence-electron chi connectivity index (χ3n) is 2.77. The summed E-state index contributed by atoms with van der Waals surface area (Å²) in [6, 6.07) is 10.9. The zero-order valence-electron chi connectivity index (χ0n) is 11.1. The molecule has 0 heterocycles. The molecular weight excluding hydrogens is 210 g/mol. The predicted octanol–water partition coefficient (Wildman–Crippen LogP) is 3.54. The van der Waals surface area contributed by atoms with Crippen LogP contribution in [0.25, 0.3) is 0 Å². The van der Waals surface area contributed by atoms with Crippen LogP contribution in [0, 0.1) is 0 Å². The van der Waals surface area contributed by atoms with Crippen LogP contribution in [-0.2, 0) is 4.74 Å². The van der Waals surface area contributed by atoms with E-state index in [1.54, 1.807) is 0 Å². The highest BCUT2D eigenvalue weighted by molar-refractivity contribution is 5.18. The zero-order valence-corrected chi connectivity index (χ0v) is 11.1. The molecule has 0 aliphatic heterocycles. The van der Waals surface area contributed by atoms with Crippen molar-refractivity contribution >= 4 is 0 Å². The minimum absolute atomic E-state index is 0.327. The van der Waals surface area contributed by atoms with Crippen LogP contribution in [-0.4, -0.2) is 19.8 Å². The highest BCUT2D eigenvalue weighted by atomic mass is 16.5. The summed E-state index contributed by atoms with van der Waals surface area (Å²) in [5.74, 6) is 0. The van der Waals surface area contributed by atoms with Crippen LogP contribution >= 0.6 is 0 Å². The Labute approximate surface area is 105 Å². The average molecular weight is 235 g/mol. The number of rotatable bonds is 9. The lowest BCUT2D eigenvalue weighted by molar-refractivity contribution is 0.109. The minimum Gasteiger partial charge on any atom is -0.379 e. The summed E-state index contributed by atoms with van der Waals surface area (Å²) in [7, 11) is 0. The van der Waals surface area contributed by atoms with E-state index in [2.05, 4.69) is 49.5 Å². The molecule has 0 saturated carbocycles. The Bertz CT molecular complexity index is 274. The van der Waals surface area contributed by atoms with E-state index in [1.165, 1.54) is 12.0 Å². The van der Waals surface area contributed by atoms with Gasteiger partial charge in [-0.15, -0.1) is 0 Å². The summed E-state index contributed by atoms with van der Waals surface area (Å²) in [5.41, 5.74) is 1.32. The van der Waals surface area contributed by atoms with E-state index < -0.39 is 0 Å². The van der Waals surface area contributed by atoms with Crippen LogP contribution < -0.4 is 5.32 Å². The maximum Gasteiger partial charge on any atom is 0.0661 e. The quantitative estimate of drug-likeness (QED) is 0.661. The second kappa shape index (κ2) is 9.20. The second-order valence-electron chi connectivity index (χ2n) is 4.35. The summed E-state index contributed by atoms with van der Waals surface area (Å²) in [5, 5.41) is 3.54. The first-order valence-corrected chi connectivity index (χ1v) is 6.74. The minimum atomic E-state index is 0.327. The molecular formula is C15H25NO. The predicted molar refractivity (Wildman–Crippen MR) is 73.2 cm³/mol. The number of ether oxygens (including phenoxy) is 1. The van der Waals surface area contributed by atoms with Gasteiger partial charge in [-0.2, -0.15) is 0 Å². The van der Waals surface area contributed by atoms with Gasteiger partial charge in [0.05, 0.1) is 12.6 Å². The molecule has 0 aliphatic rings. The monoisotopic (exact) mass is 235 g/mol. The first-order chi connectivity index (χ1) is 8.38. The van der Waals surface area contributed by atoms with Crippen molar-refractivity contribution in [1.82, 2.24) is 5.32 Å². The van der Waals surface area contributed by atoms with E-state index in [-0.39, 0.29) is 0 Å². The van der Waals surface area contributed by atoms with Crippen molar-refractivity contribution in [2.45, 2.75) is 39.2 Å². The number of hydrogen-bond acceptors (Lipinski definition) is 2. The molecule has 1 N–H and O–H groups in total. The topological polar surface area (TPSA) is 21.3 Å². The third kappa shape index (κ3) is 5.85. The Balaban J connectivity index is 2.43. The molecule has 0 aromatic heterocycles. The molecule has 1 atom stereocenters. The summed E-state index contributed by atoms with van der Waals surface area (Å²) >= 11 is 0. The molecule has 0 saturated heterocycles. The lowest BCUT2D eigenvalue weighted by Gasteiger charge is -2.19. The van der Waals surface area contributed by atoms with E-state index in [1.807, 2.05) is 0 Å². The molecule has 1 rings (SSSR count). The van der Waals surface area contributed by atoms with E-state index in [4.69, 9.17) is 4.74 Å². The Morgan fingerprint density at radius 3 is 2.53 bits per heavy atom. The number of nitrogens with one attached hydrogen (secondary N) is 1. The van der Waals surface area contributed by atoms with Crippen LogP contribution in [0.5, 0.6) is 0 Å². The largest absolute Gasteiger partial charge is 0.379 e. The molecule has 2 heteroatoms. The molecule has 1 aromatic rings. The van der Waals surface area contributed by atoms with E-state index in [9.17, 15) is 0 Å². The molecule has 0 fully saturated rings. The number of hydrogen-bond donors (Lipinski definition) is 1. The van der Waals surface area contributed by atoms with Crippen LogP contribution in [0.2, 0.25) is 0 Å². The van der Waals surface area contributed by atoms with Gasteiger partial charge in [0.2, 0.25) is 0 Å². The van der Waals surface area contributed by atoms with E-state index in [0.717, 1.165) is 32.6 Å². The van der Waals surface area contributed by atoms with Crippen LogP contribution in [0.4, 0.5) is 0 Å². The third-order valence-corrected chi connectivity index (χ3v) is 2.77. The molecule has 1 unspecified atom stereocenters. The van der Waals surface area contributed by atoms with Gasteiger partial charge in [0.15, 0.2) is 0 Å². The number of unbranched alkanes of at least 4 members (excludes halogenated alkanes) is 1. The van der Waals surface area contributed by atoms with E-state index in [0.29, 0.717) is 6.04 Å². The van der Waals surface area contributed by atoms with Crippen LogP contribution in [0.3, 0.4) is 0 Å². The fraction of sp³-hybridized carbons (Fsp3) is 0.600. The van der Waals surface area contributed by atoms with Gasteiger partial charge in [0, 0.05) is 6.61 Å². The first kappa shape index (κ1) is 14.2. The summed E-state index contributed by atoms with van der Waals surface area (Å²) in [6.07, 6.45) is 3.49. The molecule has 0 spiro atoms. The highest BCUT2D eigenvalue weighted by Gasteiger charge is 2.09. The smallest absolute Gasteiger partial charge is 0.0661 e. The van der Waals surface area contributed by atoms with Crippen molar-refractivity contribution in [3.8, 4) is 0 Å². The molecule has 0 aliphatic carbocycles. The number of benzene rings is 1. The van der Waals surface area contributed by atoms with Crippen molar-refractivity contribution in [3.63, 3.8) is 0 Å². The molecule has 1 aromatic carbocycles. The molecule has 96 valence electrons. The van der Waals surface area contributed by atoms with Crippen molar-refractivity contribution in [1.29, 1.82) is 0 Å². The van der Waals surface area contributed by atoms with Crippen molar-refractivity contribution in [3.05, 3.63) is 35.9 Å². The summed E-state index contributed by atoms with van der Waals surface area (Å²) in [6.45, 7) is 7.05. The maximum atomic E-state index is 5.73. The Kier molecular flexibility index (Phi) is 7.69. The fourth-order valence-corrected chi connectivity index (χ4v) is 1.72. The first-order valence-electron chi connectivity index (χ1n) is 6.74. The van der Waals surface area contributed by atoms with Crippen molar-refractivity contribution in [2.24, 2.45) is 0 Å². The summed E-state index contributed by atoms with van der Waals surface area (Å²) < 4.78 is 5.73. The highest BCUT2D eigenvalue weighted by Crippen LogP contribution is 2.13. The SMILES string of the molecule is CCCCOCC(NCCC)c1ccccc1. The van der Waals surface area contributed by atoms with Crippen LogP contribution in [0.1, 0.15) is 44.7 Å². The maximum absolute atomic E-state index is 5.73. The molecule has 2 nitrogen and oxygen atoms in total. The lowest BCUT2D eigenvalue weighted by atomic mass is 10.1. The average Bonchev–Trinajstić information content (AvgIpc) is 2.39. The van der Waals surface area contributed by atoms with Gasteiger partial charge >= 0.3 is 0 Å². The van der Waals surface area contributed by atoms with Gasteiger partial charge in [0.1, 0.15) is 0 Å². The summed E-state index contributed by atoms with van der Waals surface area (Å²) in [4.78, 5) is 0. The van der Waals surface area contributed by atoms with Gasteiger partial charge < -0.3 is 10.1 Å². The lowest BCUT2D eigenvalue weighted by Crippen LogP contribution is -2.26. The van der Waals surface area contributed by atoms with Gasteiger partial charge in [-0.25, -0.2) is 0 Å². The fourth-order valence-electron chi connectivity index (χ4n) is 1.72. The van der Waals surface area contributed by atoms with E-state index >= 15 is 0 Å². The molecule has 0 bridgehead atoms. The molecule has 0 amide bonds. The van der Waals surface area contributed by atoms with Gasteiger partial charge in [0.25, 0.3) is 0 Å². The normalized spacial score (nSPS) is 12.6. The van der Waals surface area contributed by atoms with Gasteiger partial charge in [-0.1, -0.05) is 50.6 Å². The Morgan fingerprint density at radius 1 is 1.12 bits per heavy atom. The second-order valence-corrected chi connectivity index (χ2v) is 4.35. The molecule has 0 radical (unpaired) electrons. The standard InChI is InChI=1S/C15H25NO/c1-3-5-12-17-13-15(16-11-4-2)14-9-7-6-8-10-14/h6-10,15-16H,3-5,11-13H2,1-2H3. The zero-order chi connectivity index (χ0) is 12.3. The Morgan fingerprint density at radius 2 is 1.88 bits per heavy atom. The van der Waals surface area contributed by atoms with Crippen molar-refractivity contribution in [2.75, 3.05) is 19.8 Å². The van der Waals surface area contributed by atoms with Crippen LogP contribution in [0.15, 0.2) is 30.3 Å². The van der Waals surface area contributed by atoms with Crippen molar-refractivity contribution < 1.29 is 4.74 Å². The molecule has 17 heavy (non-hydrogen) atoms. The van der Waals surface area contributed by atoms with Gasteiger partial charge in [-0.05, 0) is 24.9 Å². The Hall–Kier alpha value is -0.860.